The first kappa shape index (κ1) is 15.5. The van der Waals surface area contributed by atoms with E-state index in [1.165, 1.54) is 37.9 Å². The molecule has 1 heterocycles. The van der Waals surface area contributed by atoms with Crippen molar-refractivity contribution >= 4 is 0 Å². The molecule has 0 bridgehead atoms. The molecule has 3 heteroatoms. The SMILES string of the molecule is COC1=CCC2=C(CC[C@@H]3[C@@H]2CC[C@@]2(C)[C@H]3CCC23OCCO3)C1. The molecule has 0 aromatic carbocycles. The molecule has 4 aliphatic carbocycles. The van der Waals surface area contributed by atoms with Crippen LogP contribution >= 0.6 is 0 Å². The third-order valence-electron chi connectivity index (χ3n) is 8.12. The van der Waals surface area contributed by atoms with Gasteiger partial charge in [-0.25, -0.2) is 0 Å². The van der Waals surface area contributed by atoms with Crippen LogP contribution in [0.25, 0.3) is 0 Å². The highest BCUT2D eigenvalue weighted by Crippen LogP contribution is 2.66. The van der Waals surface area contributed by atoms with Gasteiger partial charge in [0.25, 0.3) is 0 Å². The Morgan fingerprint density at radius 3 is 2.75 bits per heavy atom. The van der Waals surface area contributed by atoms with Gasteiger partial charge in [0.15, 0.2) is 5.79 Å². The topological polar surface area (TPSA) is 27.7 Å². The summed E-state index contributed by atoms with van der Waals surface area (Å²) in [4.78, 5) is 0. The molecule has 0 aromatic rings. The summed E-state index contributed by atoms with van der Waals surface area (Å²) in [6, 6.07) is 0. The van der Waals surface area contributed by atoms with E-state index in [9.17, 15) is 0 Å². The molecule has 5 aliphatic rings. The summed E-state index contributed by atoms with van der Waals surface area (Å²) >= 11 is 0. The number of fused-ring (bicyclic) bond motifs is 5. The standard InChI is InChI=1S/C21H30O3/c1-20-9-7-17-16-6-4-15(22-2)13-14(16)3-5-18(17)19(20)8-10-21(20)23-11-12-24-21/h4,17-19H,3,5-13H2,1-2H3/t17-,18-,19+,20+/m1/s1. The third-order valence-corrected chi connectivity index (χ3v) is 8.12. The fraction of sp³-hybridized carbons (Fsp3) is 0.810. The molecule has 5 rings (SSSR count). The van der Waals surface area contributed by atoms with Crippen molar-refractivity contribution in [2.24, 2.45) is 23.2 Å². The molecule has 0 aromatic heterocycles. The summed E-state index contributed by atoms with van der Waals surface area (Å²) in [6.45, 7) is 4.05. The van der Waals surface area contributed by atoms with Gasteiger partial charge >= 0.3 is 0 Å². The first-order chi connectivity index (χ1) is 11.7. The van der Waals surface area contributed by atoms with Gasteiger partial charge in [-0.2, -0.15) is 0 Å². The van der Waals surface area contributed by atoms with Crippen molar-refractivity contribution in [1.29, 1.82) is 0 Å². The maximum atomic E-state index is 6.23. The molecule has 0 amide bonds. The van der Waals surface area contributed by atoms with Gasteiger partial charge < -0.3 is 14.2 Å². The van der Waals surface area contributed by atoms with Crippen molar-refractivity contribution < 1.29 is 14.2 Å². The van der Waals surface area contributed by atoms with Crippen LogP contribution in [0.15, 0.2) is 23.0 Å². The van der Waals surface area contributed by atoms with E-state index in [-0.39, 0.29) is 11.2 Å². The molecule has 4 atom stereocenters. The second-order valence-electron chi connectivity index (χ2n) is 8.74. The Balaban J connectivity index is 1.43. The van der Waals surface area contributed by atoms with Crippen LogP contribution in [0.2, 0.25) is 0 Å². The zero-order chi connectivity index (χ0) is 16.4. The van der Waals surface area contributed by atoms with Crippen molar-refractivity contribution in [3.05, 3.63) is 23.0 Å². The van der Waals surface area contributed by atoms with Gasteiger partial charge in [-0.3, -0.25) is 0 Å². The molecule has 1 aliphatic heterocycles. The molecular formula is C21H30O3. The summed E-state index contributed by atoms with van der Waals surface area (Å²) in [5.41, 5.74) is 3.69. The third kappa shape index (κ3) is 1.92. The Morgan fingerprint density at radius 1 is 1.12 bits per heavy atom. The van der Waals surface area contributed by atoms with Gasteiger partial charge in [-0.05, 0) is 62.4 Å². The van der Waals surface area contributed by atoms with Gasteiger partial charge in [0, 0.05) is 18.3 Å². The van der Waals surface area contributed by atoms with Crippen LogP contribution < -0.4 is 0 Å². The number of allylic oxidation sites excluding steroid dienone is 3. The minimum absolute atomic E-state index is 0.227. The van der Waals surface area contributed by atoms with Gasteiger partial charge in [0.05, 0.1) is 26.1 Å². The van der Waals surface area contributed by atoms with Crippen LogP contribution in [0, 0.1) is 23.2 Å². The number of rotatable bonds is 1. The highest BCUT2D eigenvalue weighted by Gasteiger charge is 2.65. The molecule has 0 radical (unpaired) electrons. The molecule has 132 valence electrons. The fourth-order valence-corrected chi connectivity index (χ4v) is 6.93. The predicted molar refractivity (Wildman–Crippen MR) is 92.3 cm³/mol. The Labute approximate surface area is 145 Å². The number of methoxy groups -OCH3 is 1. The van der Waals surface area contributed by atoms with Gasteiger partial charge in [0.2, 0.25) is 0 Å². The quantitative estimate of drug-likeness (QED) is 0.658. The van der Waals surface area contributed by atoms with E-state index in [1.54, 1.807) is 11.1 Å². The molecule has 0 unspecified atom stereocenters. The first-order valence-corrected chi connectivity index (χ1v) is 9.88. The second kappa shape index (κ2) is 5.35. The summed E-state index contributed by atoms with van der Waals surface area (Å²) < 4.78 is 18.0. The van der Waals surface area contributed by atoms with Crippen molar-refractivity contribution in [3.8, 4) is 0 Å². The average molecular weight is 330 g/mol. The molecule has 0 N–H and O–H groups in total. The largest absolute Gasteiger partial charge is 0.501 e. The first-order valence-electron chi connectivity index (χ1n) is 9.88. The number of hydrogen-bond donors (Lipinski definition) is 0. The van der Waals surface area contributed by atoms with Crippen LogP contribution in [-0.2, 0) is 14.2 Å². The summed E-state index contributed by atoms with van der Waals surface area (Å²) in [7, 11) is 1.81. The lowest BCUT2D eigenvalue weighted by atomic mass is 9.54. The van der Waals surface area contributed by atoms with Gasteiger partial charge in [-0.1, -0.05) is 18.1 Å². The van der Waals surface area contributed by atoms with E-state index < -0.39 is 0 Å². The smallest absolute Gasteiger partial charge is 0.174 e. The van der Waals surface area contributed by atoms with Crippen molar-refractivity contribution in [3.63, 3.8) is 0 Å². The fourth-order valence-electron chi connectivity index (χ4n) is 6.93. The van der Waals surface area contributed by atoms with Gasteiger partial charge in [0.1, 0.15) is 0 Å². The maximum Gasteiger partial charge on any atom is 0.174 e. The van der Waals surface area contributed by atoms with Gasteiger partial charge in [-0.15, -0.1) is 0 Å². The highest BCUT2D eigenvalue weighted by molar-refractivity contribution is 5.33. The monoisotopic (exact) mass is 330 g/mol. The zero-order valence-electron chi connectivity index (χ0n) is 15.1. The molecule has 24 heavy (non-hydrogen) atoms. The van der Waals surface area contributed by atoms with E-state index in [0.29, 0.717) is 0 Å². The molecule has 3 nitrogen and oxygen atoms in total. The lowest BCUT2D eigenvalue weighted by molar-refractivity contribution is -0.238. The molecule has 1 saturated heterocycles. The molecule has 2 saturated carbocycles. The van der Waals surface area contributed by atoms with Crippen molar-refractivity contribution in [2.45, 2.75) is 64.1 Å². The summed E-state index contributed by atoms with van der Waals surface area (Å²) in [5.74, 6) is 3.34. The molecular weight excluding hydrogens is 300 g/mol. The molecule has 3 fully saturated rings. The minimum Gasteiger partial charge on any atom is -0.501 e. The Morgan fingerprint density at radius 2 is 1.96 bits per heavy atom. The van der Waals surface area contributed by atoms with Crippen LogP contribution in [0.1, 0.15) is 58.3 Å². The second-order valence-corrected chi connectivity index (χ2v) is 8.74. The minimum atomic E-state index is -0.257. The van der Waals surface area contributed by atoms with Crippen LogP contribution in [-0.4, -0.2) is 26.1 Å². The normalized spacial score (nSPS) is 43.2. The average Bonchev–Trinajstić information content (AvgIpc) is 3.21. The summed E-state index contributed by atoms with van der Waals surface area (Å²) in [6.07, 6.45) is 12.1. The zero-order valence-corrected chi connectivity index (χ0v) is 15.1. The maximum absolute atomic E-state index is 6.23. The van der Waals surface area contributed by atoms with Crippen LogP contribution in [0.4, 0.5) is 0 Å². The number of ether oxygens (including phenoxy) is 3. The predicted octanol–water partition coefficient (Wildman–Crippen LogP) is 4.59. The van der Waals surface area contributed by atoms with E-state index in [1.807, 2.05) is 7.11 Å². The molecule has 1 spiro atoms. The lowest BCUT2D eigenvalue weighted by Gasteiger charge is -2.53. The van der Waals surface area contributed by atoms with E-state index in [2.05, 4.69) is 13.0 Å². The van der Waals surface area contributed by atoms with Crippen LogP contribution in [0.3, 0.4) is 0 Å². The Hall–Kier alpha value is -0.800. The van der Waals surface area contributed by atoms with Crippen LogP contribution in [0.5, 0.6) is 0 Å². The van der Waals surface area contributed by atoms with Crippen molar-refractivity contribution in [1.82, 2.24) is 0 Å². The Kier molecular flexibility index (Phi) is 3.44. The summed E-state index contributed by atoms with van der Waals surface area (Å²) in [5, 5.41) is 0. The highest BCUT2D eigenvalue weighted by atomic mass is 16.7. The Bertz CT molecular complexity index is 598. The lowest BCUT2D eigenvalue weighted by Crippen LogP contribution is -2.52. The number of hydrogen-bond acceptors (Lipinski definition) is 3. The van der Waals surface area contributed by atoms with E-state index in [4.69, 9.17) is 14.2 Å². The van der Waals surface area contributed by atoms with E-state index in [0.717, 1.165) is 50.2 Å². The van der Waals surface area contributed by atoms with Crippen molar-refractivity contribution in [2.75, 3.05) is 20.3 Å². The van der Waals surface area contributed by atoms with E-state index >= 15 is 0 Å².